The van der Waals surface area contributed by atoms with Gasteiger partial charge in [-0.25, -0.2) is 4.79 Å². The van der Waals surface area contributed by atoms with Crippen LogP contribution in [0.3, 0.4) is 0 Å². The van der Waals surface area contributed by atoms with E-state index in [-0.39, 0.29) is 42.0 Å². The largest absolute Gasteiger partial charge is 0.458 e. The van der Waals surface area contributed by atoms with Gasteiger partial charge in [0.05, 0.1) is 30.8 Å². The summed E-state index contributed by atoms with van der Waals surface area (Å²) < 4.78 is 28.4. The number of allylic oxidation sites excluding steroid dienone is 2. The Hall–Kier alpha value is -1.80. The molecule has 2 aliphatic carbocycles. The van der Waals surface area contributed by atoms with Crippen molar-refractivity contribution in [3.05, 3.63) is 36.5 Å². The van der Waals surface area contributed by atoms with Crippen molar-refractivity contribution in [1.29, 1.82) is 0 Å². The third-order valence-electron chi connectivity index (χ3n) is 7.07. The van der Waals surface area contributed by atoms with Gasteiger partial charge in [-0.15, -0.1) is 6.58 Å². The number of methoxy groups -OCH3 is 3. The molecule has 32 heavy (non-hydrogen) atoms. The van der Waals surface area contributed by atoms with Crippen LogP contribution >= 0.6 is 0 Å². The standard InChI is InChI=1S/C25H36O7/c1-6-11-31-19-10-8-17-15(2)12-22(27)32-24(17)23(19)18(26)9-7-16-13-20(28-3)25(30-5)21(14-16)29-4/h6-7,9,12,16-17,19-21,23-25H,1,8,10-11,13-14H2,2-5H3/b9-7+. The SMILES string of the molecule is C=CCOC1CCC2C(C)=CC(=O)OC2C1C(=O)/C=C/C1CC(OC)C(OC)C(OC)C1. The zero-order valence-electron chi connectivity index (χ0n) is 19.5. The summed E-state index contributed by atoms with van der Waals surface area (Å²) in [6, 6.07) is 0. The Morgan fingerprint density at radius 3 is 2.41 bits per heavy atom. The number of hydrogen-bond acceptors (Lipinski definition) is 7. The van der Waals surface area contributed by atoms with E-state index in [4.69, 9.17) is 23.7 Å². The van der Waals surface area contributed by atoms with Crippen molar-refractivity contribution >= 4 is 11.8 Å². The quantitative estimate of drug-likeness (QED) is 0.305. The molecule has 0 aromatic carbocycles. The van der Waals surface area contributed by atoms with Gasteiger partial charge in [-0.2, -0.15) is 0 Å². The van der Waals surface area contributed by atoms with Gasteiger partial charge in [0.25, 0.3) is 0 Å². The molecule has 1 aliphatic heterocycles. The number of esters is 1. The lowest BCUT2D eigenvalue weighted by molar-refractivity contribution is -0.163. The molecule has 6 unspecified atom stereocenters. The Morgan fingerprint density at radius 1 is 1.12 bits per heavy atom. The first-order chi connectivity index (χ1) is 15.4. The zero-order chi connectivity index (χ0) is 23.3. The molecule has 2 saturated carbocycles. The van der Waals surface area contributed by atoms with Gasteiger partial charge >= 0.3 is 5.97 Å². The van der Waals surface area contributed by atoms with Gasteiger partial charge < -0.3 is 23.7 Å². The van der Waals surface area contributed by atoms with Crippen molar-refractivity contribution in [1.82, 2.24) is 0 Å². The summed E-state index contributed by atoms with van der Waals surface area (Å²) in [7, 11) is 4.99. The minimum atomic E-state index is -0.538. The van der Waals surface area contributed by atoms with Crippen molar-refractivity contribution in [3.63, 3.8) is 0 Å². The van der Waals surface area contributed by atoms with Crippen LogP contribution in [-0.4, -0.2) is 70.2 Å². The molecule has 178 valence electrons. The first-order valence-electron chi connectivity index (χ1n) is 11.3. The molecule has 0 radical (unpaired) electrons. The van der Waals surface area contributed by atoms with Gasteiger partial charge in [-0.05, 0) is 44.6 Å². The molecule has 3 aliphatic rings. The average molecular weight is 449 g/mol. The summed E-state index contributed by atoms with van der Waals surface area (Å²) in [5.41, 5.74) is 0.971. The molecule has 0 amide bonds. The first kappa shape index (κ1) is 24.8. The molecule has 1 heterocycles. The van der Waals surface area contributed by atoms with Crippen LogP contribution < -0.4 is 0 Å². The zero-order valence-corrected chi connectivity index (χ0v) is 19.5. The summed E-state index contributed by atoms with van der Waals surface area (Å²) in [4.78, 5) is 25.5. The van der Waals surface area contributed by atoms with Crippen LogP contribution in [0.25, 0.3) is 0 Å². The van der Waals surface area contributed by atoms with Gasteiger partial charge in [0, 0.05) is 33.3 Å². The molecule has 3 rings (SSSR count). The van der Waals surface area contributed by atoms with Crippen molar-refractivity contribution < 1.29 is 33.3 Å². The molecule has 7 heteroatoms. The highest BCUT2D eigenvalue weighted by Crippen LogP contribution is 2.41. The Balaban J connectivity index is 1.77. The molecule has 0 aromatic heterocycles. The number of fused-ring (bicyclic) bond motifs is 1. The molecule has 0 bridgehead atoms. The average Bonchev–Trinajstić information content (AvgIpc) is 2.79. The molecule has 7 nitrogen and oxygen atoms in total. The van der Waals surface area contributed by atoms with Crippen LogP contribution in [0, 0.1) is 17.8 Å². The van der Waals surface area contributed by atoms with Gasteiger partial charge in [-0.3, -0.25) is 4.79 Å². The van der Waals surface area contributed by atoms with Crippen molar-refractivity contribution in [3.8, 4) is 0 Å². The predicted molar refractivity (Wildman–Crippen MR) is 119 cm³/mol. The number of ether oxygens (including phenoxy) is 5. The topological polar surface area (TPSA) is 80.3 Å². The summed E-state index contributed by atoms with van der Waals surface area (Å²) in [6.45, 7) is 6.00. The number of rotatable bonds is 9. The summed E-state index contributed by atoms with van der Waals surface area (Å²) >= 11 is 0. The molecule has 0 N–H and O–H groups in total. The van der Waals surface area contributed by atoms with Crippen LogP contribution in [0.1, 0.15) is 32.6 Å². The third-order valence-corrected chi connectivity index (χ3v) is 7.07. The number of hydrogen-bond donors (Lipinski definition) is 0. The summed E-state index contributed by atoms with van der Waals surface area (Å²) in [5, 5.41) is 0. The Labute approximate surface area is 190 Å². The lowest BCUT2D eigenvalue weighted by Crippen LogP contribution is -2.50. The van der Waals surface area contributed by atoms with E-state index in [1.807, 2.05) is 13.0 Å². The molecule has 0 aromatic rings. The van der Waals surface area contributed by atoms with Crippen LogP contribution in [0.15, 0.2) is 36.5 Å². The molecular formula is C25H36O7. The summed E-state index contributed by atoms with van der Waals surface area (Å²) in [6.07, 6.45) is 8.63. The van der Waals surface area contributed by atoms with Crippen molar-refractivity contribution in [2.45, 2.75) is 63.1 Å². The van der Waals surface area contributed by atoms with E-state index in [1.165, 1.54) is 6.08 Å². The highest BCUT2D eigenvalue weighted by molar-refractivity contribution is 5.93. The van der Waals surface area contributed by atoms with Crippen LogP contribution in [0.4, 0.5) is 0 Å². The Kier molecular flexibility index (Phi) is 8.82. The van der Waals surface area contributed by atoms with Gasteiger partial charge in [-0.1, -0.05) is 17.7 Å². The minimum Gasteiger partial charge on any atom is -0.458 e. The monoisotopic (exact) mass is 448 g/mol. The normalized spacial score (nSPS) is 37.5. The summed E-state index contributed by atoms with van der Waals surface area (Å²) in [5.74, 6) is -0.842. The predicted octanol–water partition coefficient (Wildman–Crippen LogP) is 3.04. The van der Waals surface area contributed by atoms with Crippen molar-refractivity contribution in [2.24, 2.45) is 17.8 Å². The second kappa shape index (κ2) is 11.4. The fraction of sp³-hybridized carbons (Fsp3) is 0.680. The second-order valence-corrected chi connectivity index (χ2v) is 8.90. The minimum absolute atomic E-state index is 0.0477. The number of carbonyl (C=O) groups excluding carboxylic acids is 2. The molecule has 6 atom stereocenters. The van der Waals surface area contributed by atoms with E-state index >= 15 is 0 Å². The molecule has 0 spiro atoms. The van der Waals surface area contributed by atoms with Crippen LogP contribution in [-0.2, 0) is 33.3 Å². The smallest absolute Gasteiger partial charge is 0.331 e. The lowest BCUT2D eigenvalue weighted by Gasteiger charge is -2.43. The fourth-order valence-corrected chi connectivity index (χ4v) is 5.44. The second-order valence-electron chi connectivity index (χ2n) is 8.90. The van der Waals surface area contributed by atoms with Gasteiger partial charge in [0.15, 0.2) is 5.78 Å². The van der Waals surface area contributed by atoms with E-state index in [9.17, 15) is 9.59 Å². The Bertz CT molecular complexity index is 729. The molecular weight excluding hydrogens is 412 g/mol. The highest BCUT2D eigenvalue weighted by Gasteiger charge is 2.47. The van der Waals surface area contributed by atoms with E-state index in [0.29, 0.717) is 6.61 Å². The third kappa shape index (κ3) is 5.39. The molecule has 2 fully saturated rings. The number of carbonyl (C=O) groups is 2. The van der Waals surface area contributed by atoms with E-state index in [2.05, 4.69) is 6.58 Å². The van der Waals surface area contributed by atoms with E-state index in [1.54, 1.807) is 33.5 Å². The van der Waals surface area contributed by atoms with Crippen molar-refractivity contribution in [2.75, 3.05) is 27.9 Å². The van der Waals surface area contributed by atoms with E-state index < -0.39 is 18.0 Å². The number of ketones is 1. The maximum absolute atomic E-state index is 13.4. The maximum Gasteiger partial charge on any atom is 0.331 e. The van der Waals surface area contributed by atoms with E-state index in [0.717, 1.165) is 31.3 Å². The fourth-order valence-electron chi connectivity index (χ4n) is 5.44. The van der Waals surface area contributed by atoms with Crippen LogP contribution in [0.2, 0.25) is 0 Å². The lowest BCUT2D eigenvalue weighted by atomic mass is 9.71. The van der Waals surface area contributed by atoms with Gasteiger partial charge in [0.1, 0.15) is 12.2 Å². The first-order valence-corrected chi connectivity index (χ1v) is 11.3. The van der Waals surface area contributed by atoms with Gasteiger partial charge in [0.2, 0.25) is 0 Å². The Morgan fingerprint density at radius 2 is 1.81 bits per heavy atom. The maximum atomic E-state index is 13.4. The highest BCUT2D eigenvalue weighted by atomic mass is 16.6. The molecule has 0 saturated heterocycles. The van der Waals surface area contributed by atoms with Crippen LogP contribution in [0.5, 0.6) is 0 Å².